The number of rotatable bonds is 2. The van der Waals surface area contributed by atoms with E-state index in [0.29, 0.717) is 5.57 Å². The Bertz CT molecular complexity index is 640. The van der Waals surface area contributed by atoms with E-state index in [1.165, 1.54) is 0 Å². The number of aliphatic imine (C=N–C) groups is 1. The van der Waals surface area contributed by atoms with Crippen LogP contribution in [0.3, 0.4) is 0 Å². The number of benzene rings is 1. The molecule has 7 heteroatoms. The van der Waals surface area contributed by atoms with Crippen LogP contribution in [-0.4, -0.2) is 5.90 Å². The number of hydrogen-bond acceptors (Lipinski definition) is 5. The third kappa shape index (κ3) is 3.62. The maximum atomic E-state index is 11.6. The summed E-state index contributed by atoms with van der Waals surface area (Å²) in [5, 5.41) is 31.7. The third-order valence-corrected chi connectivity index (χ3v) is 3.31. The Morgan fingerprint density at radius 3 is 2.50 bits per heavy atom. The van der Waals surface area contributed by atoms with Crippen molar-refractivity contribution in [3.8, 4) is 12.3 Å². The van der Waals surface area contributed by atoms with Crippen LogP contribution in [0.4, 0.5) is 0 Å². The number of allylic oxidation sites excluding steroid dienone is 1. The summed E-state index contributed by atoms with van der Waals surface area (Å²) in [4.78, 5) is 3.69. The minimum atomic E-state index is -0.362. The average Bonchev–Trinajstić information content (AvgIpc) is 2.39. The van der Waals surface area contributed by atoms with E-state index in [0.717, 1.165) is 10.0 Å². The summed E-state index contributed by atoms with van der Waals surface area (Å²) < 4.78 is 0.918. The molecule has 0 saturated carbocycles. The Kier molecular flexibility index (Phi) is 6.25. The van der Waals surface area contributed by atoms with Crippen LogP contribution in [0.2, 0.25) is 0 Å². The van der Waals surface area contributed by atoms with Crippen LogP contribution in [0.5, 0.6) is 0 Å². The zero-order chi connectivity index (χ0) is 13.8. The van der Waals surface area contributed by atoms with Crippen molar-refractivity contribution in [2.24, 2.45) is 4.99 Å². The molecule has 94 valence electrons. The first kappa shape index (κ1) is 16.7. The number of halogens is 1. The first-order chi connectivity index (χ1) is 9.15. The van der Waals surface area contributed by atoms with Gasteiger partial charge in [0.15, 0.2) is 12.0 Å². The summed E-state index contributed by atoms with van der Waals surface area (Å²) in [7, 11) is 0. The molecule has 1 aliphatic heterocycles. The van der Waals surface area contributed by atoms with Crippen molar-refractivity contribution < 1.29 is 34.7 Å². The van der Waals surface area contributed by atoms with Gasteiger partial charge in [0.25, 0.3) is 0 Å². The molecule has 0 radical (unpaired) electrons. The summed E-state index contributed by atoms with van der Waals surface area (Å²) in [5.41, 5.74) is 1.16. The Hall–Kier alpha value is -1.31. The first-order valence-electron chi connectivity index (χ1n) is 5.45. The molecule has 0 aliphatic carbocycles. The molecule has 1 atom stereocenters. The summed E-state index contributed by atoms with van der Waals surface area (Å²) in [6, 6.07) is 9.41. The van der Waals surface area contributed by atoms with Gasteiger partial charge >= 0.3 is 29.6 Å². The Labute approximate surface area is 147 Å². The van der Waals surface area contributed by atoms with Gasteiger partial charge in [0, 0.05) is 10.4 Å². The number of nitrogens with zero attached hydrogens (tertiary/aromatic N) is 3. The molecule has 0 bridgehead atoms. The molecule has 1 aromatic rings. The van der Waals surface area contributed by atoms with Crippen LogP contribution in [0, 0.1) is 22.8 Å². The maximum Gasteiger partial charge on any atom is 1.00 e. The molecular formula is C13H8BrN4NaO. The minimum Gasteiger partial charge on any atom is -0.862 e. The molecule has 1 unspecified atom stereocenters. The molecule has 5 nitrogen and oxygen atoms in total. The van der Waals surface area contributed by atoms with Gasteiger partial charge in [-0.15, -0.1) is 0 Å². The molecule has 0 aromatic heterocycles. The average molecular weight is 339 g/mol. The van der Waals surface area contributed by atoms with Crippen LogP contribution in [0.15, 0.2) is 45.1 Å². The van der Waals surface area contributed by atoms with Gasteiger partial charge in [0.1, 0.15) is 0 Å². The van der Waals surface area contributed by atoms with Crippen molar-refractivity contribution in [3.63, 3.8) is 0 Å². The van der Waals surface area contributed by atoms with Crippen molar-refractivity contribution in [3.05, 3.63) is 45.7 Å². The van der Waals surface area contributed by atoms with Gasteiger partial charge in [-0.25, -0.2) is 4.99 Å². The van der Waals surface area contributed by atoms with E-state index in [-0.39, 0.29) is 53.6 Å². The van der Waals surface area contributed by atoms with Crippen LogP contribution >= 0.6 is 15.9 Å². The predicted octanol–water partition coefficient (Wildman–Crippen LogP) is -1.49. The molecule has 1 N–H and O–H groups in total. The molecule has 2 rings (SSSR count). The molecule has 1 aliphatic rings. The van der Waals surface area contributed by atoms with Crippen molar-refractivity contribution in [2.45, 2.75) is 12.3 Å². The molecule has 0 fully saturated rings. The predicted molar refractivity (Wildman–Crippen MR) is 70.3 cm³/mol. The number of nitrogens with one attached hydrogen (secondary N) is 1. The fraction of sp³-hybridized carbons (Fsp3) is 0.154. The zero-order valence-electron chi connectivity index (χ0n) is 10.7. The fourth-order valence-corrected chi connectivity index (χ4v) is 2.20. The van der Waals surface area contributed by atoms with Crippen LogP contribution in [0.1, 0.15) is 17.9 Å². The van der Waals surface area contributed by atoms with E-state index in [9.17, 15) is 10.4 Å². The molecule has 20 heavy (non-hydrogen) atoms. The zero-order valence-corrected chi connectivity index (χ0v) is 14.3. The van der Waals surface area contributed by atoms with Gasteiger partial charge in [0.2, 0.25) is 0 Å². The Balaban J connectivity index is 0.00000200. The quantitative estimate of drug-likeness (QED) is 0.403. The van der Waals surface area contributed by atoms with Crippen molar-refractivity contribution in [2.75, 3.05) is 0 Å². The van der Waals surface area contributed by atoms with Crippen molar-refractivity contribution in [1.29, 1.82) is 10.5 Å². The van der Waals surface area contributed by atoms with Gasteiger partial charge in [-0.1, -0.05) is 28.1 Å². The van der Waals surface area contributed by atoms with Crippen LogP contribution in [0.25, 0.3) is 0 Å². The van der Waals surface area contributed by atoms with Crippen LogP contribution < -0.4 is 40.0 Å². The van der Waals surface area contributed by atoms with E-state index in [2.05, 4.69) is 26.2 Å². The van der Waals surface area contributed by atoms with E-state index >= 15 is 0 Å². The normalized spacial score (nSPS) is 17.4. The van der Waals surface area contributed by atoms with Gasteiger partial charge < -0.3 is 5.11 Å². The van der Waals surface area contributed by atoms with E-state index in [1.807, 2.05) is 30.3 Å². The molecular weight excluding hydrogens is 331 g/mol. The number of hydrogen-bond donors (Lipinski definition) is 1. The third-order valence-electron chi connectivity index (χ3n) is 2.79. The van der Waals surface area contributed by atoms with Gasteiger partial charge in [-0.05, 0) is 30.0 Å². The van der Waals surface area contributed by atoms with Crippen molar-refractivity contribution in [1.82, 2.24) is 5.32 Å². The summed E-state index contributed by atoms with van der Waals surface area (Å²) >= 11 is 3.33. The summed E-state index contributed by atoms with van der Waals surface area (Å²) in [6.07, 6.45) is 1.83. The largest absolute Gasteiger partial charge is 1.00 e. The molecule has 0 spiro atoms. The van der Waals surface area contributed by atoms with Gasteiger partial charge in [-0.2, -0.15) is 10.5 Å². The topological polar surface area (TPSA) is 95.0 Å². The van der Waals surface area contributed by atoms with E-state index in [4.69, 9.17) is 5.26 Å². The molecule has 1 heterocycles. The van der Waals surface area contributed by atoms with Gasteiger partial charge in [-0.3, -0.25) is 5.32 Å². The fourth-order valence-electron chi connectivity index (χ4n) is 1.93. The SMILES string of the molecule is N#CNC1=C(C#N)C(c2ccc(Br)cc2)CC([O-])=N1.[Na+]. The Morgan fingerprint density at radius 1 is 1.30 bits per heavy atom. The molecule has 0 saturated heterocycles. The first-order valence-corrected chi connectivity index (χ1v) is 6.24. The second kappa shape index (κ2) is 7.47. The monoisotopic (exact) mass is 338 g/mol. The minimum absolute atomic E-state index is 0. The van der Waals surface area contributed by atoms with E-state index < -0.39 is 0 Å². The molecule has 0 amide bonds. The maximum absolute atomic E-state index is 11.6. The summed E-state index contributed by atoms with van der Waals surface area (Å²) in [5.74, 6) is -0.655. The number of nitriles is 2. The summed E-state index contributed by atoms with van der Waals surface area (Å²) in [6.45, 7) is 0. The van der Waals surface area contributed by atoms with E-state index in [1.54, 1.807) is 6.19 Å². The van der Waals surface area contributed by atoms with Crippen molar-refractivity contribution >= 4 is 21.8 Å². The smallest absolute Gasteiger partial charge is 0.862 e. The Morgan fingerprint density at radius 2 is 1.95 bits per heavy atom. The molecule has 1 aromatic carbocycles. The van der Waals surface area contributed by atoms with Crippen LogP contribution in [-0.2, 0) is 0 Å². The second-order valence-corrected chi connectivity index (χ2v) is 4.84. The van der Waals surface area contributed by atoms with Gasteiger partial charge in [0.05, 0.1) is 11.6 Å². The second-order valence-electron chi connectivity index (χ2n) is 3.92. The standard InChI is InChI=1S/C13H9BrN4O.Na/c14-9-3-1-8(2-4-9)10-5-12(19)18-13(17-7-16)11(10)6-15;/h1-4,10,17H,5H2,(H,18,19);/q;+1/p-1.